The number of carbonyl (C=O) groups is 1. The minimum absolute atomic E-state index is 0.0509. The molecule has 1 heterocycles. The lowest BCUT2D eigenvalue weighted by molar-refractivity contribution is -0.163. The molecule has 0 radical (unpaired) electrons. The van der Waals surface area contributed by atoms with E-state index in [1.54, 1.807) is 0 Å². The maximum absolute atomic E-state index is 11.1. The van der Waals surface area contributed by atoms with E-state index in [4.69, 9.17) is 14.9 Å². The minimum Gasteiger partial charge on any atom is -0.479 e. The van der Waals surface area contributed by atoms with Gasteiger partial charge in [-0.05, 0) is 0 Å². The third-order valence-electron chi connectivity index (χ3n) is 2.13. The molecule has 1 unspecified atom stereocenters. The summed E-state index contributed by atoms with van der Waals surface area (Å²) < 4.78 is 27.1. The largest absolute Gasteiger partial charge is 0.479 e. The molecule has 0 saturated carbocycles. The Bertz CT molecular complexity index is 321. The van der Waals surface area contributed by atoms with Crippen LogP contribution in [0.4, 0.5) is 0 Å². The first-order valence-electron chi connectivity index (χ1n) is 4.10. The fourth-order valence-electron chi connectivity index (χ4n) is 1.41. The van der Waals surface area contributed by atoms with Crippen LogP contribution in [-0.4, -0.2) is 54.9 Å². The molecule has 0 spiro atoms. The molecule has 7 heteroatoms. The van der Waals surface area contributed by atoms with Crippen molar-refractivity contribution in [2.24, 2.45) is 0 Å². The van der Waals surface area contributed by atoms with Crippen LogP contribution in [0.15, 0.2) is 0 Å². The number of aliphatic hydroxyl groups excluding tert-OH is 1. The summed E-state index contributed by atoms with van der Waals surface area (Å²) >= 11 is 0. The molecule has 14 heavy (non-hydrogen) atoms. The van der Waals surface area contributed by atoms with E-state index in [1.807, 2.05) is 0 Å². The van der Waals surface area contributed by atoms with E-state index in [1.165, 1.54) is 0 Å². The Hall–Kier alpha value is -0.660. The molecule has 1 fully saturated rings. The predicted octanol–water partition coefficient (Wildman–Crippen LogP) is -1.36. The Balaban J connectivity index is 2.81. The lowest BCUT2D eigenvalue weighted by Crippen LogP contribution is -2.43. The fourth-order valence-corrected chi connectivity index (χ4v) is 3.25. The van der Waals surface area contributed by atoms with Crippen LogP contribution in [0, 0.1) is 0 Å². The van der Waals surface area contributed by atoms with Crippen LogP contribution in [-0.2, 0) is 19.4 Å². The third kappa shape index (κ3) is 2.23. The number of ether oxygens (including phenoxy) is 1. The zero-order valence-electron chi connectivity index (χ0n) is 7.47. The Morgan fingerprint density at radius 1 is 1.50 bits per heavy atom. The molecule has 1 aliphatic heterocycles. The Labute approximate surface area is 81.4 Å². The van der Waals surface area contributed by atoms with E-state index in [9.17, 15) is 13.2 Å². The highest BCUT2D eigenvalue weighted by Crippen LogP contribution is 2.27. The summed E-state index contributed by atoms with van der Waals surface area (Å²) in [5.41, 5.74) is -1.65. The van der Waals surface area contributed by atoms with Crippen molar-refractivity contribution < 1.29 is 28.2 Å². The molecule has 2 N–H and O–H groups in total. The number of hydrogen-bond acceptors (Lipinski definition) is 5. The van der Waals surface area contributed by atoms with Crippen LogP contribution in [0.2, 0.25) is 0 Å². The van der Waals surface area contributed by atoms with Crippen molar-refractivity contribution in [1.82, 2.24) is 0 Å². The monoisotopic (exact) mass is 224 g/mol. The SMILES string of the molecule is O=C(O)C1(OCCO)CCS(=O)(=O)C1. The second-order valence-corrected chi connectivity index (χ2v) is 5.40. The third-order valence-corrected chi connectivity index (χ3v) is 3.86. The van der Waals surface area contributed by atoms with Gasteiger partial charge in [0.05, 0.1) is 24.7 Å². The lowest BCUT2D eigenvalue weighted by atomic mass is 10.0. The molecule has 1 saturated heterocycles. The van der Waals surface area contributed by atoms with Crippen LogP contribution in [0.1, 0.15) is 6.42 Å². The van der Waals surface area contributed by atoms with Crippen LogP contribution in [0.3, 0.4) is 0 Å². The summed E-state index contributed by atoms with van der Waals surface area (Å²) in [5, 5.41) is 17.3. The first-order chi connectivity index (χ1) is 6.42. The van der Waals surface area contributed by atoms with Crippen LogP contribution >= 0.6 is 0 Å². The highest BCUT2D eigenvalue weighted by Gasteiger charge is 2.49. The van der Waals surface area contributed by atoms with Crippen molar-refractivity contribution in [3.8, 4) is 0 Å². The molecule has 1 aliphatic rings. The number of carboxylic acid groups (broad SMARTS) is 1. The van der Waals surface area contributed by atoms with E-state index in [0.29, 0.717) is 0 Å². The number of aliphatic hydroxyl groups is 1. The summed E-state index contributed by atoms with van der Waals surface area (Å²) in [7, 11) is -3.32. The summed E-state index contributed by atoms with van der Waals surface area (Å²) in [4.78, 5) is 10.8. The van der Waals surface area contributed by atoms with Gasteiger partial charge < -0.3 is 14.9 Å². The van der Waals surface area contributed by atoms with Gasteiger partial charge in [-0.25, -0.2) is 13.2 Å². The van der Waals surface area contributed by atoms with E-state index < -0.39 is 27.2 Å². The van der Waals surface area contributed by atoms with E-state index in [0.717, 1.165) is 0 Å². The number of sulfone groups is 1. The summed E-state index contributed by atoms with van der Waals surface area (Å²) in [6.45, 7) is -0.489. The molecule has 0 aromatic rings. The molecule has 0 aliphatic carbocycles. The topological polar surface area (TPSA) is 101 Å². The molecule has 0 aromatic carbocycles. The van der Waals surface area contributed by atoms with Crippen molar-refractivity contribution in [2.45, 2.75) is 12.0 Å². The minimum atomic E-state index is -3.32. The molecule has 1 atom stereocenters. The second kappa shape index (κ2) is 3.84. The molecule has 0 aromatic heterocycles. The van der Waals surface area contributed by atoms with Gasteiger partial charge in [0, 0.05) is 6.42 Å². The number of carboxylic acids is 1. The summed E-state index contributed by atoms with van der Waals surface area (Å²) in [6.07, 6.45) is -0.0509. The van der Waals surface area contributed by atoms with Crippen molar-refractivity contribution >= 4 is 15.8 Å². The van der Waals surface area contributed by atoms with Crippen molar-refractivity contribution in [3.63, 3.8) is 0 Å². The maximum Gasteiger partial charge on any atom is 0.337 e. The average Bonchev–Trinajstić information content (AvgIpc) is 2.40. The molecule has 0 amide bonds. The average molecular weight is 224 g/mol. The van der Waals surface area contributed by atoms with Gasteiger partial charge in [0.1, 0.15) is 0 Å². The van der Waals surface area contributed by atoms with Gasteiger partial charge in [0.2, 0.25) is 0 Å². The predicted molar refractivity (Wildman–Crippen MR) is 46.7 cm³/mol. The Morgan fingerprint density at radius 2 is 2.14 bits per heavy atom. The summed E-state index contributed by atoms with van der Waals surface area (Å²) in [5.74, 6) is -1.97. The molecule has 1 rings (SSSR count). The van der Waals surface area contributed by atoms with Gasteiger partial charge in [-0.15, -0.1) is 0 Å². The van der Waals surface area contributed by atoms with Gasteiger partial charge in [-0.2, -0.15) is 0 Å². The van der Waals surface area contributed by atoms with Crippen molar-refractivity contribution in [2.75, 3.05) is 24.7 Å². The van der Waals surface area contributed by atoms with Gasteiger partial charge >= 0.3 is 5.97 Å². The normalized spacial score (nSPS) is 30.4. The molecular weight excluding hydrogens is 212 g/mol. The smallest absolute Gasteiger partial charge is 0.337 e. The maximum atomic E-state index is 11.1. The van der Waals surface area contributed by atoms with Crippen LogP contribution in [0.5, 0.6) is 0 Å². The highest BCUT2D eigenvalue weighted by atomic mass is 32.2. The lowest BCUT2D eigenvalue weighted by Gasteiger charge is -2.22. The number of rotatable bonds is 4. The van der Waals surface area contributed by atoms with Crippen molar-refractivity contribution in [3.05, 3.63) is 0 Å². The van der Waals surface area contributed by atoms with Gasteiger partial charge in [-0.3, -0.25) is 0 Å². The standard InChI is InChI=1S/C7H12O6S/c8-2-3-13-7(6(9)10)1-4-14(11,12)5-7/h8H,1-5H2,(H,9,10). The quantitative estimate of drug-likeness (QED) is 0.611. The first kappa shape index (κ1) is 11.4. The fraction of sp³-hybridized carbons (Fsp3) is 0.857. The molecule has 82 valence electrons. The highest BCUT2D eigenvalue weighted by molar-refractivity contribution is 7.91. The zero-order chi connectivity index (χ0) is 10.8. The first-order valence-corrected chi connectivity index (χ1v) is 5.93. The molecule has 6 nitrogen and oxygen atoms in total. The van der Waals surface area contributed by atoms with E-state index in [2.05, 4.69) is 0 Å². The van der Waals surface area contributed by atoms with Gasteiger partial charge in [0.25, 0.3) is 0 Å². The van der Waals surface area contributed by atoms with E-state index >= 15 is 0 Å². The zero-order valence-corrected chi connectivity index (χ0v) is 8.29. The van der Waals surface area contributed by atoms with Gasteiger partial charge in [-0.1, -0.05) is 0 Å². The van der Waals surface area contributed by atoms with Crippen LogP contribution in [0.25, 0.3) is 0 Å². The van der Waals surface area contributed by atoms with Crippen molar-refractivity contribution in [1.29, 1.82) is 0 Å². The summed E-state index contributed by atoms with van der Waals surface area (Å²) in [6, 6.07) is 0. The molecular formula is C7H12O6S. The second-order valence-electron chi connectivity index (χ2n) is 3.21. The Morgan fingerprint density at radius 3 is 2.50 bits per heavy atom. The number of hydrogen-bond donors (Lipinski definition) is 2. The van der Waals surface area contributed by atoms with Crippen LogP contribution < -0.4 is 0 Å². The number of aliphatic carboxylic acids is 1. The van der Waals surface area contributed by atoms with E-state index in [-0.39, 0.29) is 25.4 Å². The Kier molecular flexibility index (Phi) is 3.13. The van der Waals surface area contributed by atoms with Gasteiger partial charge in [0.15, 0.2) is 15.4 Å². The molecule has 0 bridgehead atoms.